The number of anilines is 1. The molecule has 1 aromatic heterocycles. The first kappa shape index (κ1) is 21.9. The summed E-state index contributed by atoms with van der Waals surface area (Å²) in [5, 5.41) is 3.33. The Bertz CT molecular complexity index is 515. The first-order chi connectivity index (χ1) is 11.2. The predicted octanol–water partition coefficient (Wildman–Crippen LogP) is 0.985. The highest BCUT2D eigenvalue weighted by molar-refractivity contribution is 5.85. The van der Waals surface area contributed by atoms with Gasteiger partial charge in [-0.2, -0.15) is 0 Å². The van der Waals surface area contributed by atoms with Crippen LogP contribution in [0, 0.1) is 5.41 Å². The third-order valence-corrected chi connectivity index (χ3v) is 4.84. The van der Waals surface area contributed by atoms with Crippen molar-refractivity contribution in [1.29, 1.82) is 0 Å². The Kier molecular flexibility index (Phi) is 8.85. The Morgan fingerprint density at radius 3 is 2.32 bits per heavy atom. The van der Waals surface area contributed by atoms with Crippen LogP contribution in [0.4, 0.5) is 5.95 Å². The van der Waals surface area contributed by atoms with Crippen LogP contribution in [-0.4, -0.2) is 73.8 Å². The Balaban J connectivity index is 0.00000156. The molecule has 0 aromatic carbocycles. The van der Waals surface area contributed by atoms with Crippen LogP contribution in [0.2, 0.25) is 0 Å². The maximum absolute atomic E-state index is 13.1. The molecule has 2 aliphatic heterocycles. The van der Waals surface area contributed by atoms with Crippen LogP contribution in [0.15, 0.2) is 18.5 Å². The molecule has 142 valence electrons. The lowest BCUT2D eigenvalue weighted by molar-refractivity contribution is -0.147. The summed E-state index contributed by atoms with van der Waals surface area (Å²) in [7, 11) is 1.68. The van der Waals surface area contributed by atoms with E-state index in [1.54, 1.807) is 19.5 Å². The van der Waals surface area contributed by atoms with Crippen molar-refractivity contribution in [3.8, 4) is 0 Å². The molecule has 0 atom stereocenters. The fourth-order valence-corrected chi connectivity index (χ4v) is 3.50. The molecule has 2 saturated heterocycles. The first-order valence-corrected chi connectivity index (χ1v) is 8.26. The topological polar surface area (TPSA) is 70.6 Å². The van der Waals surface area contributed by atoms with E-state index in [2.05, 4.69) is 20.2 Å². The molecule has 25 heavy (non-hydrogen) atoms. The number of nitrogens with one attached hydrogen (secondary N) is 1. The van der Waals surface area contributed by atoms with E-state index in [0.29, 0.717) is 6.61 Å². The van der Waals surface area contributed by atoms with E-state index >= 15 is 0 Å². The molecule has 0 aliphatic carbocycles. The Morgan fingerprint density at radius 1 is 1.16 bits per heavy atom. The SMILES string of the molecule is COCC1(C(=O)N2CCN(c3ncccn3)CC2)CCNCC1.Cl.Cl. The molecule has 1 N–H and O–H groups in total. The number of hydrogen-bond acceptors (Lipinski definition) is 6. The fraction of sp³-hybridized carbons (Fsp3) is 0.688. The number of aromatic nitrogens is 2. The van der Waals surface area contributed by atoms with Crippen LogP contribution in [0.5, 0.6) is 0 Å². The number of piperazine rings is 1. The highest BCUT2D eigenvalue weighted by Gasteiger charge is 2.42. The summed E-state index contributed by atoms with van der Waals surface area (Å²) >= 11 is 0. The second kappa shape index (κ2) is 10.1. The van der Waals surface area contributed by atoms with Crippen molar-refractivity contribution in [1.82, 2.24) is 20.2 Å². The monoisotopic (exact) mass is 391 g/mol. The van der Waals surface area contributed by atoms with Crippen molar-refractivity contribution in [2.75, 3.05) is 57.9 Å². The number of carbonyl (C=O) groups excluding carboxylic acids is 1. The van der Waals surface area contributed by atoms with Crippen LogP contribution in [-0.2, 0) is 9.53 Å². The fourth-order valence-electron chi connectivity index (χ4n) is 3.50. The number of rotatable bonds is 4. The zero-order chi connectivity index (χ0) is 16.1. The van der Waals surface area contributed by atoms with Gasteiger partial charge >= 0.3 is 0 Å². The molecule has 7 nitrogen and oxygen atoms in total. The van der Waals surface area contributed by atoms with Crippen molar-refractivity contribution in [2.45, 2.75) is 12.8 Å². The Hall–Kier alpha value is -1.15. The number of ether oxygens (including phenoxy) is 1. The van der Waals surface area contributed by atoms with E-state index in [-0.39, 0.29) is 36.1 Å². The molecule has 0 unspecified atom stereocenters. The minimum Gasteiger partial charge on any atom is -0.384 e. The molecule has 0 bridgehead atoms. The van der Waals surface area contributed by atoms with Crippen molar-refractivity contribution < 1.29 is 9.53 Å². The van der Waals surface area contributed by atoms with E-state index in [0.717, 1.165) is 58.1 Å². The van der Waals surface area contributed by atoms with Crippen LogP contribution in [0.3, 0.4) is 0 Å². The third-order valence-electron chi connectivity index (χ3n) is 4.84. The number of amides is 1. The van der Waals surface area contributed by atoms with E-state index in [9.17, 15) is 4.79 Å². The van der Waals surface area contributed by atoms with Crippen molar-refractivity contribution in [3.05, 3.63) is 18.5 Å². The lowest BCUT2D eigenvalue weighted by Gasteiger charge is -2.42. The number of nitrogens with zero attached hydrogens (tertiary/aromatic N) is 4. The lowest BCUT2D eigenvalue weighted by Crippen LogP contribution is -2.56. The maximum Gasteiger partial charge on any atom is 0.231 e. The van der Waals surface area contributed by atoms with Gasteiger partial charge in [0, 0.05) is 45.7 Å². The molecule has 3 heterocycles. The number of carbonyl (C=O) groups is 1. The standard InChI is InChI=1S/C16H25N5O2.2ClH/c1-23-13-16(3-7-17-8-4-16)14(22)20-9-11-21(12-10-20)15-18-5-2-6-19-15;;/h2,5-6,17H,3-4,7-13H2,1H3;2*1H. The quantitative estimate of drug-likeness (QED) is 0.824. The van der Waals surface area contributed by atoms with Gasteiger partial charge in [-0.15, -0.1) is 24.8 Å². The molecular formula is C16H27Cl2N5O2. The molecule has 2 fully saturated rings. The van der Waals surface area contributed by atoms with Crippen molar-refractivity contribution >= 4 is 36.7 Å². The number of hydrogen-bond donors (Lipinski definition) is 1. The van der Waals surface area contributed by atoms with Gasteiger partial charge in [0.2, 0.25) is 11.9 Å². The van der Waals surface area contributed by atoms with Crippen molar-refractivity contribution in [2.24, 2.45) is 5.41 Å². The number of piperidine rings is 1. The largest absolute Gasteiger partial charge is 0.384 e. The molecule has 2 aliphatic rings. The first-order valence-electron chi connectivity index (χ1n) is 8.26. The second-order valence-electron chi connectivity index (χ2n) is 6.29. The van der Waals surface area contributed by atoms with E-state index < -0.39 is 0 Å². The molecule has 0 spiro atoms. The van der Waals surface area contributed by atoms with Gasteiger partial charge in [0.15, 0.2) is 0 Å². The molecule has 0 radical (unpaired) electrons. The minimum absolute atomic E-state index is 0. The smallest absolute Gasteiger partial charge is 0.231 e. The summed E-state index contributed by atoms with van der Waals surface area (Å²) in [5.74, 6) is 0.988. The van der Waals surface area contributed by atoms with E-state index in [1.807, 2.05) is 11.0 Å². The maximum atomic E-state index is 13.1. The highest BCUT2D eigenvalue weighted by Crippen LogP contribution is 2.32. The van der Waals surface area contributed by atoms with Gasteiger partial charge < -0.3 is 19.9 Å². The van der Waals surface area contributed by atoms with Crippen LogP contribution >= 0.6 is 24.8 Å². The average Bonchev–Trinajstić information content (AvgIpc) is 2.63. The molecule has 1 amide bonds. The summed E-state index contributed by atoms with van der Waals surface area (Å²) in [6.45, 7) is 5.26. The van der Waals surface area contributed by atoms with Gasteiger partial charge in [-0.1, -0.05) is 0 Å². The van der Waals surface area contributed by atoms with Crippen LogP contribution in [0.25, 0.3) is 0 Å². The Labute approximate surface area is 161 Å². The molecular weight excluding hydrogens is 365 g/mol. The predicted molar refractivity (Wildman–Crippen MR) is 102 cm³/mol. The van der Waals surface area contributed by atoms with Gasteiger partial charge in [-0.05, 0) is 32.0 Å². The zero-order valence-electron chi connectivity index (χ0n) is 14.5. The molecule has 9 heteroatoms. The van der Waals surface area contributed by atoms with E-state index in [1.165, 1.54) is 0 Å². The van der Waals surface area contributed by atoms with Gasteiger partial charge in [0.25, 0.3) is 0 Å². The van der Waals surface area contributed by atoms with Gasteiger partial charge in [-0.25, -0.2) is 9.97 Å². The zero-order valence-corrected chi connectivity index (χ0v) is 16.2. The summed E-state index contributed by atoms with van der Waals surface area (Å²) in [6.07, 6.45) is 5.20. The second-order valence-corrected chi connectivity index (χ2v) is 6.29. The number of halogens is 2. The summed E-state index contributed by atoms with van der Waals surface area (Å²) in [5.41, 5.74) is -0.356. The summed E-state index contributed by atoms with van der Waals surface area (Å²) in [4.78, 5) is 25.8. The lowest BCUT2D eigenvalue weighted by atomic mass is 9.78. The highest BCUT2D eigenvalue weighted by atomic mass is 35.5. The van der Waals surface area contributed by atoms with Crippen LogP contribution < -0.4 is 10.2 Å². The van der Waals surface area contributed by atoms with Gasteiger partial charge in [0.05, 0.1) is 12.0 Å². The van der Waals surface area contributed by atoms with Gasteiger partial charge in [-0.3, -0.25) is 4.79 Å². The van der Waals surface area contributed by atoms with Crippen molar-refractivity contribution in [3.63, 3.8) is 0 Å². The van der Waals surface area contributed by atoms with E-state index in [4.69, 9.17) is 4.74 Å². The minimum atomic E-state index is -0.356. The molecule has 1 aromatic rings. The Morgan fingerprint density at radius 2 is 1.76 bits per heavy atom. The number of methoxy groups -OCH3 is 1. The van der Waals surface area contributed by atoms with Gasteiger partial charge in [0.1, 0.15) is 0 Å². The normalized spacial score (nSPS) is 19.6. The molecule has 0 saturated carbocycles. The average molecular weight is 392 g/mol. The third kappa shape index (κ3) is 4.94. The summed E-state index contributed by atoms with van der Waals surface area (Å²) < 4.78 is 5.38. The summed E-state index contributed by atoms with van der Waals surface area (Å²) in [6, 6.07) is 1.81. The van der Waals surface area contributed by atoms with Crippen LogP contribution in [0.1, 0.15) is 12.8 Å². The molecule has 3 rings (SSSR count).